The predicted octanol–water partition coefficient (Wildman–Crippen LogP) is 5.54. The number of carbonyl (C=O) groups is 1. The van der Waals surface area contributed by atoms with Crippen molar-refractivity contribution in [1.29, 1.82) is 0 Å². The molecule has 0 aliphatic heterocycles. The number of aromatic nitrogens is 1. The van der Waals surface area contributed by atoms with Crippen molar-refractivity contribution < 1.29 is 4.79 Å². The molecule has 0 fully saturated rings. The average molecular weight is 393 g/mol. The molecule has 3 rings (SSSR count). The lowest BCUT2D eigenvalue weighted by Crippen LogP contribution is -2.14. The van der Waals surface area contributed by atoms with Gasteiger partial charge in [-0.3, -0.25) is 4.79 Å². The number of carbonyl (C=O) groups excluding carboxylic acids is 1. The summed E-state index contributed by atoms with van der Waals surface area (Å²) in [4.78, 5) is 16.5. The van der Waals surface area contributed by atoms with Crippen LogP contribution in [0.2, 0.25) is 15.1 Å². The Labute approximate surface area is 159 Å². The second-order valence-electron chi connectivity index (χ2n) is 5.19. The standard InChI is InChI=1S/C18H12Cl3N3O/c19-10-5-7-15(21)13(9-10)11-6-8-16(23-17(11)22)24-18(25)12-3-1-2-4-14(12)20/h1-9H,(H3,22,23,24,25). The van der Waals surface area contributed by atoms with E-state index < -0.39 is 0 Å². The van der Waals surface area contributed by atoms with Gasteiger partial charge in [-0.15, -0.1) is 0 Å². The summed E-state index contributed by atoms with van der Waals surface area (Å²) in [6, 6.07) is 15.2. The minimum Gasteiger partial charge on any atom is -0.383 e. The van der Waals surface area contributed by atoms with E-state index in [4.69, 9.17) is 40.5 Å². The molecule has 0 spiro atoms. The summed E-state index contributed by atoms with van der Waals surface area (Å²) in [5, 5.41) is 4.07. The molecule has 0 aliphatic carbocycles. The van der Waals surface area contributed by atoms with Gasteiger partial charge in [-0.1, -0.05) is 46.9 Å². The number of rotatable bonds is 3. The Balaban J connectivity index is 1.89. The van der Waals surface area contributed by atoms with E-state index in [1.54, 1.807) is 54.6 Å². The van der Waals surface area contributed by atoms with Gasteiger partial charge in [-0.2, -0.15) is 0 Å². The maximum Gasteiger partial charge on any atom is 0.258 e. The fourth-order valence-electron chi connectivity index (χ4n) is 2.31. The van der Waals surface area contributed by atoms with E-state index in [0.29, 0.717) is 37.6 Å². The Kier molecular flexibility index (Phi) is 5.13. The number of hydrogen-bond acceptors (Lipinski definition) is 3. The van der Waals surface area contributed by atoms with E-state index in [-0.39, 0.29) is 11.7 Å². The SMILES string of the molecule is Nc1nc(NC(=O)c2ccccc2Cl)ccc1-c1cc(Cl)ccc1Cl. The van der Waals surface area contributed by atoms with Crippen LogP contribution >= 0.6 is 34.8 Å². The highest BCUT2D eigenvalue weighted by Gasteiger charge is 2.13. The fraction of sp³-hybridized carbons (Fsp3) is 0. The Bertz CT molecular complexity index is 960. The maximum atomic E-state index is 12.3. The van der Waals surface area contributed by atoms with E-state index in [1.807, 2.05) is 0 Å². The summed E-state index contributed by atoms with van der Waals surface area (Å²) >= 11 is 18.2. The summed E-state index contributed by atoms with van der Waals surface area (Å²) < 4.78 is 0. The molecule has 7 heteroatoms. The topological polar surface area (TPSA) is 68.0 Å². The van der Waals surface area contributed by atoms with Crippen LogP contribution in [0.4, 0.5) is 11.6 Å². The number of pyridine rings is 1. The molecule has 126 valence electrons. The van der Waals surface area contributed by atoms with Crippen molar-refractivity contribution in [3.63, 3.8) is 0 Å². The molecule has 0 saturated carbocycles. The predicted molar refractivity (Wildman–Crippen MR) is 104 cm³/mol. The van der Waals surface area contributed by atoms with Crippen LogP contribution in [0, 0.1) is 0 Å². The van der Waals surface area contributed by atoms with Crippen LogP contribution in [-0.2, 0) is 0 Å². The number of nitrogens with zero attached hydrogens (tertiary/aromatic N) is 1. The average Bonchev–Trinajstić information content (AvgIpc) is 2.58. The highest BCUT2D eigenvalue weighted by Crippen LogP contribution is 2.34. The quantitative estimate of drug-likeness (QED) is 0.614. The molecule has 2 aromatic carbocycles. The molecule has 0 saturated heterocycles. The lowest BCUT2D eigenvalue weighted by atomic mass is 10.1. The number of amides is 1. The van der Waals surface area contributed by atoms with Gasteiger partial charge in [0.2, 0.25) is 0 Å². The molecule has 25 heavy (non-hydrogen) atoms. The summed E-state index contributed by atoms with van der Waals surface area (Å²) in [5.74, 6) is 0.163. The van der Waals surface area contributed by atoms with Gasteiger partial charge >= 0.3 is 0 Å². The first kappa shape index (κ1) is 17.5. The third kappa shape index (κ3) is 3.87. The first-order chi connectivity index (χ1) is 12.0. The molecule has 0 radical (unpaired) electrons. The number of benzene rings is 2. The molecule has 4 nitrogen and oxygen atoms in total. The summed E-state index contributed by atoms with van der Waals surface area (Å²) in [7, 11) is 0. The zero-order valence-electron chi connectivity index (χ0n) is 12.8. The van der Waals surface area contributed by atoms with Crippen LogP contribution in [0.5, 0.6) is 0 Å². The zero-order chi connectivity index (χ0) is 18.0. The van der Waals surface area contributed by atoms with Gasteiger partial charge in [0, 0.05) is 21.2 Å². The highest BCUT2D eigenvalue weighted by atomic mass is 35.5. The second-order valence-corrected chi connectivity index (χ2v) is 6.44. The Morgan fingerprint density at radius 2 is 1.68 bits per heavy atom. The van der Waals surface area contributed by atoms with Gasteiger partial charge in [-0.05, 0) is 42.5 Å². The maximum absolute atomic E-state index is 12.3. The molecule has 1 heterocycles. The largest absolute Gasteiger partial charge is 0.383 e. The van der Waals surface area contributed by atoms with Crippen molar-refractivity contribution in [3.05, 3.63) is 75.2 Å². The van der Waals surface area contributed by atoms with Gasteiger partial charge < -0.3 is 11.1 Å². The Morgan fingerprint density at radius 3 is 2.40 bits per heavy atom. The highest BCUT2D eigenvalue weighted by molar-refractivity contribution is 6.35. The molecule has 0 atom stereocenters. The van der Waals surface area contributed by atoms with E-state index in [9.17, 15) is 4.79 Å². The summed E-state index contributed by atoms with van der Waals surface area (Å²) in [6.07, 6.45) is 0. The Morgan fingerprint density at radius 1 is 0.920 bits per heavy atom. The number of halogens is 3. The van der Waals surface area contributed by atoms with Crippen LogP contribution in [0.3, 0.4) is 0 Å². The molecule has 0 bridgehead atoms. The van der Waals surface area contributed by atoms with Gasteiger partial charge in [0.15, 0.2) is 0 Å². The molecular formula is C18H12Cl3N3O. The van der Waals surface area contributed by atoms with Gasteiger partial charge in [0.25, 0.3) is 5.91 Å². The van der Waals surface area contributed by atoms with E-state index in [2.05, 4.69) is 10.3 Å². The summed E-state index contributed by atoms with van der Waals surface area (Å²) in [5.41, 5.74) is 7.68. The molecule has 1 aromatic heterocycles. The van der Waals surface area contributed by atoms with Crippen molar-refractivity contribution in [3.8, 4) is 11.1 Å². The van der Waals surface area contributed by atoms with Gasteiger partial charge in [-0.25, -0.2) is 4.98 Å². The Hall–Kier alpha value is -2.27. The molecule has 3 N–H and O–H groups in total. The molecular weight excluding hydrogens is 381 g/mol. The third-order valence-corrected chi connectivity index (χ3v) is 4.40. The molecule has 0 aliphatic rings. The third-order valence-electron chi connectivity index (χ3n) is 3.50. The van der Waals surface area contributed by atoms with Crippen molar-refractivity contribution >= 4 is 52.3 Å². The number of anilines is 2. The van der Waals surface area contributed by atoms with Crippen LogP contribution < -0.4 is 11.1 Å². The van der Waals surface area contributed by atoms with E-state index in [0.717, 1.165) is 0 Å². The zero-order valence-corrected chi connectivity index (χ0v) is 15.0. The monoisotopic (exact) mass is 391 g/mol. The van der Waals surface area contributed by atoms with Gasteiger partial charge in [0.05, 0.1) is 10.6 Å². The van der Waals surface area contributed by atoms with E-state index in [1.165, 1.54) is 0 Å². The lowest BCUT2D eigenvalue weighted by molar-refractivity contribution is 0.102. The number of hydrogen-bond donors (Lipinski definition) is 2. The minimum atomic E-state index is -0.369. The van der Waals surface area contributed by atoms with Crippen molar-refractivity contribution in [2.75, 3.05) is 11.1 Å². The second kappa shape index (κ2) is 7.31. The number of nitrogens with two attached hydrogens (primary N) is 1. The molecule has 0 unspecified atom stereocenters. The van der Waals surface area contributed by atoms with Crippen molar-refractivity contribution in [2.24, 2.45) is 0 Å². The number of nitrogens with one attached hydrogen (secondary N) is 1. The van der Waals surface area contributed by atoms with Crippen LogP contribution in [0.1, 0.15) is 10.4 Å². The van der Waals surface area contributed by atoms with Gasteiger partial charge in [0.1, 0.15) is 11.6 Å². The van der Waals surface area contributed by atoms with Crippen LogP contribution in [0.25, 0.3) is 11.1 Å². The minimum absolute atomic E-state index is 0.223. The smallest absolute Gasteiger partial charge is 0.258 e. The van der Waals surface area contributed by atoms with Crippen molar-refractivity contribution in [1.82, 2.24) is 4.98 Å². The first-order valence-corrected chi connectivity index (χ1v) is 8.37. The normalized spacial score (nSPS) is 10.5. The lowest BCUT2D eigenvalue weighted by Gasteiger charge is -2.11. The van der Waals surface area contributed by atoms with Crippen molar-refractivity contribution in [2.45, 2.75) is 0 Å². The number of nitrogen functional groups attached to an aromatic ring is 1. The molecule has 1 amide bonds. The van der Waals surface area contributed by atoms with E-state index >= 15 is 0 Å². The first-order valence-electron chi connectivity index (χ1n) is 7.23. The van der Waals surface area contributed by atoms with Crippen LogP contribution in [0.15, 0.2) is 54.6 Å². The van der Waals surface area contributed by atoms with Crippen LogP contribution in [-0.4, -0.2) is 10.9 Å². The molecule has 3 aromatic rings. The fourth-order valence-corrected chi connectivity index (χ4v) is 2.92. The summed E-state index contributed by atoms with van der Waals surface area (Å²) in [6.45, 7) is 0.